The Kier molecular flexibility index (Phi) is 8.55. The van der Waals surface area contributed by atoms with E-state index < -0.39 is 0 Å². The van der Waals surface area contributed by atoms with Crippen LogP contribution in [0.4, 0.5) is 0 Å². The van der Waals surface area contributed by atoms with Crippen molar-refractivity contribution in [3.05, 3.63) is 224 Å². The van der Waals surface area contributed by atoms with E-state index in [1.807, 2.05) is 121 Å². The zero-order valence-corrected chi connectivity index (χ0v) is 38.3. The molecule has 8 nitrogen and oxygen atoms in total. The maximum absolute atomic E-state index is 11.5. The molecule has 0 amide bonds. The predicted molar refractivity (Wildman–Crippen MR) is 290 cm³/mol. The zero-order valence-electron chi connectivity index (χ0n) is 38.3. The molecule has 15 rings (SSSR count). The molecule has 0 fully saturated rings. The number of benzene rings is 10. The van der Waals surface area contributed by atoms with Crippen molar-refractivity contribution in [3.63, 3.8) is 0 Å². The highest BCUT2D eigenvalue weighted by atomic mass is 16.3. The summed E-state index contributed by atoms with van der Waals surface area (Å²) in [5.41, 5.74) is 13.2. The van der Waals surface area contributed by atoms with Gasteiger partial charge in [0.15, 0.2) is 28.6 Å². The van der Waals surface area contributed by atoms with Crippen molar-refractivity contribution >= 4 is 87.5 Å². The molecule has 10 aromatic carbocycles. The highest BCUT2D eigenvalue weighted by Crippen LogP contribution is 2.45. The van der Waals surface area contributed by atoms with E-state index in [9.17, 15) is 5.26 Å². The largest absolute Gasteiger partial charge is 0.454 e. The first-order valence-corrected chi connectivity index (χ1v) is 23.9. The van der Waals surface area contributed by atoms with Gasteiger partial charge in [-0.1, -0.05) is 164 Å². The molecule has 15 aromatic rings. The summed E-state index contributed by atoms with van der Waals surface area (Å²) in [7, 11) is 0. The fourth-order valence-electron chi connectivity index (χ4n) is 11.0. The minimum absolute atomic E-state index is 0.501. The Morgan fingerprint density at radius 2 is 0.819 bits per heavy atom. The first-order valence-electron chi connectivity index (χ1n) is 23.9. The van der Waals surface area contributed by atoms with Gasteiger partial charge in [-0.15, -0.1) is 0 Å². The first-order chi connectivity index (χ1) is 35.7. The topological polar surface area (TPSA) is 98.6 Å². The minimum Gasteiger partial charge on any atom is -0.454 e. The Hall–Kier alpha value is -10.1. The lowest BCUT2D eigenvalue weighted by molar-refractivity contribution is 0.670. The third kappa shape index (κ3) is 5.82. The Labute approximate surface area is 410 Å². The fraction of sp³-hybridized carbons (Fsp3) is 0. The second kappa shape index (κ2) is 15.5. The molecule has 0 spiro atoms. The first kappa shape index (κ1) is 39.9. The Bertz CT molecular complexity index is 4710. The monoisotopic (exact) mass is 920 g/mol. The minimum atomic E-state index is 0.501. The number of rotatable bonds is 6. The molecule has 0 aliphatic carbocycles. The van der Waals surface area contributed by atoms with E-state index in [2.05, 4.69) is 112 Å². The van der Waals surface area contributed by atoms with E-state index in [-0.39, 0.29) is 0 Å². The van der Waals surface area contributed by atoms with Gasteiger partial charge in [-0.05, 0) is 60.2 Å². The number of hydrogen-bond donors (Lipinski definition) is 0. The van der Waals surface area contributed by atoms with Crippen molar-refractivity contribution in [2.24, 2.45) is 0 Å². The van der Waals surface area contributed by atoms with Crippen molar-refractivity contribution in [1.82, 2.24) is 24.1 Å². The van der Waals surface area contributed by atoms with Crippen molar-refractivity contribution in [2.45, 2.75) is 0 Å². The van der Waals surface area contributed by atoms with Crippen LogP contribution in [0.25, 0.3) is 144 Å². The van der Waals surface area contributed by atoms with Crippen molar-refractivity contribution < 1.29 is 8.83 Å². The van der Waals surface area contributed by atoms with Crippen LogP contribution in [0.3, 0.4) is 0 Å². The number of nitriles is 1. The van der Waals surface area contributed by atoms with E-state index in [1.54, 1.807) is 0 Å². The van der Waals surface area contributed by atoms with Crippen molar-refractivity contribution in [1.29, 1.82) is 5.26 Å². The van der Waals surface area contributed by atoms with Crippen LogP contribution in [0.5, 0.6) is 0 Å². The van der Waals surface area contributed by atoms with E-state index >= 15 is 0 Å². The third-order valence-corrected chi connectivity index (χ3v) is 14.2. The van der Waals surface area contributed by atoms with Crippen LogP contribution in [0.15, 0.2) is 227 Å². The van der Waals surface area contributed by atoms with Gasteiger partial charge in [0.05, 0.1) is 39.0 Å². The Balaban J connectivity index is 1.04. The van der Waals surface area contributed by atoms with Gasteiger partial charge in [-0.2, -0.15) is 5.26 Å². The summed E-state index contributed by atoms with van der Waals surface area (Å²) in [5.74, 6) is 1.61. The summed E-state index contributed by atoms with van der Waals surface area (Å²) in [6.45, 7) is 0. The molecule has 0 atom stereocenters. The van der Waals surface area contributed by atoms with Crippen LogP contribution in [-0.4, -0.2) is 24.1 Å². The quantitative estimate of drug-likeness (QED) is 0.165. The van der Waals surface area contributed by atoms with Gasteiger partial charge in [0.25, 0.3) is 0 Å². The van der Waals surface area contributed by atoms with Crippen LogP contribution >= 0.6 is 0 Å². The second-order valence-electron chi connectivity index (χ2n) is 18.2. The third-order valence-electron chi connectivity index (χ3n) is 14.2. The molecule has 334 valence electrons. The number of aromatic nitrogens is 5. The molecular formula is C64H36N6O2. The maximum atomic E-state index is 11.5. The van der Waals surface area contributed by atoms with Gasteiger partial charge >= 0.3 is 0 Å². The number of fused-ring (bicyclic) bond motifs is 14. The van der Waals surface area contributed by atoms with Gasteiger partial charge in [0, 0.05) is 65.3 Å². The molecule has 0 bridgehead atoms. The highest BCUT2D eigenvalue weighted by molar-refractivity contribution is 6.23. The van der Waals surface area contributed by atoms with Crippen LogP contribution in [0.1, 0.15) is 5.56 Å². The summed E-state index contributed by atoms with van der Waals surface area (Å²) < 4.78 is 18.1. The molecule has 0 saturated heterocycles. The predicted octanol–water partition coefficient (Wildman–Crippen LogP) is 16.4. The van der Waals surface area contributed by atoms with Crippen LogP contribution < -0.4 is 0 Å². The summed E-state index contributed by atoms with van der Waals surface area (Å²) in [4.78, 5) is 15.6. The molecule has 0 unspecified atom stereocenters. The van der Waals surface area contributed by atoms with E-state index in [1.165, 1.54) is 0 Å². The van der Waals surface area contributed by atoms with E-state index in [4.69, 9.17) is 23.8 Å². The summed E-state index contributed by atoms with van der Waals surface area (Å²) in [6.07, 6.45) is 0. The van der Waals surface area contributed by atoms with Gasteiger partial charge < -0.3 is 18.0 Å². The molecular weight excluding hydrogens is 885 g/mol. The normalized spacial score (nSPS) is 11.9. The zero-order chi connectivity index (χ0) is 47.4. The molecule has 8 heteroatoms. The summed E-state index contributed by atoms with van der Waals surface area (Å²) >= 11 is 0. The van der Waals surface area contributed by atoms with Crippen LogP contribution in [-0.2, 0) is 0 Å². The van der Waals surface area contributed by atoms with Crippen LogP contribution in [0, 0.1) is 11.3 Å². The van der Waals surface area contributed by atoms with Gasteiger partial charge in [0.1, 0.15) is 17.2 Å². The lowest BCUT2D eigenvalue weighted by Crippen LogP contribution is -2.04. The Morgan fingerprint density at radius 1 is 0.347 bits per heavy atom. The smallest absolute Gasteiger partial charge is 0.166 e. The summed E-state index contributed by atoms with van der Waals surface area (Å²) in [5, 5.41) is 19.9. The van der Waals surface area contributed by atoms with Gasteiger partial charge in [0.2, 0.25) is 0 Å². The van der Waals surface area contributed by atoms with E-state index in [0.29, 0.717) is 23.0 Å². The fourth-order valence-corrected chi connectivity index (χ4v) is 11.0. The number of furan rings is 2. The SMILES string of the molecule is N#Cc1c(-c2ccc(-c3nc(-c4ccccc4)nc(-c4ccccc4)n3)c(-n3c4ccccc4c4ccc5c6ccccc6oc5c43)c2)cccc1-n1c2ccccc2c2ccc3c4ccccc4oc3c21. The van der Waals surface area contributed by atoms with E-state index in [0.717, 1.165) is 127 Å². The molecule has 0 radical (unpaired) electrons. The molecule has 5 heterocycles. The Morgan fingerprint density at radius 3 is 1.38 bits per heavy atom. The second-order valence-corrected chi connectivity index (χ2v) is 18.2. The summed E-state index contributed by atoms with van der Waals surface area (Å²) in [6, 6.07) is 77.1. The highest BCUT2D eigenvalue weighted by Gasteiger charge is 2.26. The van der Waals surface area contributed by atoms with Gasteiger partial charge in [-0.25, -0.2) is 15.0 Å². The average Bonchev–Trinajstić information content (AvgIpc) is 4.21. The van der Waals surface area contributed by atoms with Crippen molar-refractivity contribution in [2.75, 3.05) is 0 Å². The van der Waals surface area contributed by atoms with Crippen molar-refractivity contribution in [3.8, 4) is 62.7 Å². The molecule has 72 heavy (non-hydrogen) atoms. The van der Waals surface area contributed by atoms with Gasteiger partial charge in [-0.3, -0.25) is 0 Å². The number of para-hydroxylation sites is 4. The van der Waals surface area contributed by atoms with Crippen LogP contribution in [0.2, 0.25) is 0 Å². The average molecular weight is 921 g/mol. The molecule has 0 aliphatic rings. The molecule has 5 aromatic heterocycles. The molecule has 0 N–H and O–H groups in total. The lowest BCUT2D eigenvalue weighted by Gasteiger charge is -2.18. The number of hydrogen-bond acceptors (Lipinski definition) is 6. The molecule has 0 aliphatic heterocycles. The maximum Gasteiger partial charge on any atom is 0.166 e. The number of nitrogens with zero attached hydrogens (tertiary/aromatic N) is 6. The molecule has 0 saturated carbocycles. The lowest BCUT2D eigenvalue weighted by atomic mass is 9.96. The standard InChI is InChI=1S/C64H36N6O2/c65-37-51-41(24-15-27-54(51)69-52-25-11-7-20-42(52)46-32-34-48-44-22-9-13-28-56(44)71-60(48)58(46)69)40-30-31-50(64-67-62(38-16-3-1-4-17-38)66-63(68-64)39-18-5-2-6-19-39)55(36-40)70-53-26-12-8-21-43(53)47-33-35-49-45-23-10-14-29-57(45)72-61(49)59(47)70/h1-36H.